The summed E-state index contributed by atoms with van der Waals surface area (Å²) in [5, 5.41) is 9.84. The Bertz CT molecular complexity index is 1020. The van der Waals surface area contributed by atoms with E-state index in [-0.39, 0.29) is 11.8 Å². The number of aromatic nitrogens is 2. The van der Waals surface area contributed by atoms with Gasteiger partial charge in [0.15, 0.2) is 0 Å². The second-order valence-electron chi connectivity index (χ2n) is 6.92. The molecule has 2 aromatic heterocycles. The number of rotatable bonds is 7. The minimum atomic E-state index is -0.321. The Hall–Kier alpha value is -3.18. The third kappa shape index (κ3) is 4.46. The molecule has 29 heavy (non-hydrogen) atoms. The van der Waals surface area contributed by atoms with Crippen molar-refractivity contribution in [3.63, 3.8) is 0 Å². The van der Waals surface area contributed by atoms with Crippen molar-refractivity contribution in [2.24, 2.45) is 0 Å². The van der Waals surface area contributed by atoms with Gasteiger partial charge in [-0.1, -0.05) is 66.7 Å². The number of nitrogens with one attached hydrogen (secondary N) is 1. The first-order valence-electron chi connectivity index (χ1n) is 9.68. The van der Waals surface area contributed by atoms with E-state index in [9.17, 15) is 4.79 Å². The molecule has 2 aromatic carbocycles. The van der Waals surface area contributed by atoms with Crippen molar-refractivity contribution in [3.8, 4) is 10.6 Å². The topological polar surface area (TPSA) is 46.9 Å². The van der Waals surface area contributed by atoms with Crippen LogP contribution < -0.4 is 5.32 Å². The van der Waals surface area contributed by atoms with Gasteiger partial charge in [-0.25, -0.2) is 0 Å². The molecule has 0 unspecified atom stereocenters. The second kappa shape index (κ2) is 8.88. The zero-order chi connectivity index (χ0) is 20.1. The van der Waals surface area contributed by atoms with Crippen LogP contribution >= 0.6 is 11.3 Å². The van der Waals surface area contributed by atoms with Gasteiger partial charge in [0.05, 0.1) is 17.3 Å². The summed E-state index contributed by atoms with van der Waals surface area (Å²) in [7, 11) is 0. The summed E-state index contributed by atoms with van der Waals surface area (Å²) < 4.78 is 1.95. The maximum Gasteiger partial charge on any atom is 0.232 e. The SMILES string of the molecule is Cc1cc(-c2cccs2)nn1CCNC(=O)C(c1ccccc1)c1ccccc1. The van der Waals surface area contributed by atoms with Gasteiger partial charge in [-0.3, -0.25) is 9.48 Å². The highest BCUT2D eigenvalue weighted by Gasteiger charge is 2.22. The molecule has 1 amide bonds. The molecule has 0 bridgehead atoms. The summed E-state index contributed by atoms with van der Waals surface area (Å²) in [5.41, 5.74) is 4.05. The summed E-state index contributed by atoms with van der Waals surface area (Å²) in [6.45, 7) is 3.21. The first-order chi connectivity index (χ1) is 14.2. The summed E-state index contributed by atoms with van der Waals surface area (Å²) in [4.78, 5) is 14.2. The molecular weight excluding hydrogens is 378 g/mol. The summed E-state index contributed by atoms with van der Waals surface area (Å²) >= 11 is 1.68. The van der Waals surface area contributed by atoms with Crippen molar-refractivity contribution in [3.05, 3.63) is 101 Å². The van der Waals surface area contributed by atoms with Gasteiger partial charge >= 0.3 is 0 Å². The van der Waals surface area contributed by atoms with E-state index in [2.05, 4.69) is 27.9 Å². The highest BCUT2D eigenvalue weighted by molar-refractivity contribution is 7.13. The van der Waals surface area contributed by atoms with Crippen molar-refractivity contribution >= 4 is 17.2 Å². The number of nitrogens with zero attached hydrogens (tertiary/aromatic N) is 2. The lowest BCUT2D eigenvalue weighted by atomic mass is 9.90. The molecule has 0 aliphatic carbocycles. The normalized spacial score (nSPS) is 11.0. The molecule has 0 fully saturated rings. The number of hydrogen-bond donors (Lipinski definition) is 1. The van der Waals surface area contributed by atoms with Crippen molar-refractivity contribution in [1.29, 1.82) is 0 Å². The van der Waals surface area contributed by atoms with E-state index in [1.807, 2.05) is 78.3 Å². The fraction of sp³-hybridized carbons (Fsp3) is 0.167. The molecular formula is C24H23N3OS. The molecule has 0 saturated heterocycles. The van der Waals surface area contributed by atoms with Gasteiger partial charge in [0.2, 0.25) is 5.91 Å². The van der Waals surface area contributed by atoms with Gasteiger partial charge in [-0.2, -0.15) is 5.10 Å². The number of aryl methyl sites for hydroxylation is 1. The van der Waals surface area contributed by atoms with Gasteiger partial charge < -0.3 is 5.32 Å². The lowest BCUT2D eigenvalue weighted by Crippen LogP contribution is -2.32. The van der Waals surface area contributed by atoms with E-state index in [1.165, 1.54) is 0 Å². The minimum Gasteiger partial charge on any atom is -0.353 e. The predicted molar refractivity (Wildman–Crippen MR) is 118 cm³/mol. The molecule has 0 atom stereocenters. The fourth-order valence-electron chi connectivity index (χ4n) is 3.45. The van der Waals surface area contributed by atoms with E-state index in [4.69, 9.17) is 0 Å². The van der Waals surface area contributed by atoms with E-state index < -0.39 is 0 Å². The number of hydrogen-bond acceptors (Lipinski definition) is 3. The highest BCUT2D eigenvalue weighted by atomic mass is 32.1. The zero-order valence-electron chi connectivity index (χ0n) is 16.3. The third-order valence-electron chi connectivity index (χ3n) is 4.91. The average molecular weight is 402 g/mol. The Labute approximate surface area is 174 Å². The maximum absolute atomic E-state index is 13.1. The van der Waals surface area contributed by atoms with Crippen LogP contribution in [-0.4, -0.2) is 22.2 Å². The monoisotopic (exact) mass is 401 g/mol. The van der Waals surface area contributed by atoms with Gasteiger partial charge in [-0.05, 0) is 35.6 Å². The van der Waals surface area contributed by atoms with Gasteiger partial charge in [0.25, 0.3) is 0 Å². The molecule has 4 aromatic rings. The van der Waals surface area contributed by atoms with E-state index in [0.29, 0.717) is 13.1 Å². The second-order valence-corrected chi connectivity index (χ2v) is 7.86. The first-order valence-corrected chi connectivity index (χ1v) is 10.6. The van der Waals surface area contributed by atoms with E-state index in [0.717, 1.165) is 27.4 Å². The van der Waals surface area contributed by atoms with Crippen molar-refractivity contribution in [1.82, 2.24) is 15.1 Å². The molecule has 4 nitrogen and oxygen atoms in total. The Balaban J connectivity index is 1.45. The Morgan fingerprint density at radius 3 is 2.24 bits per heavy atom. The van der Waals surface area contributed by atoms with Crippen LogP contribution in [0, 0.1) is 6.92 Å². The molecule has 0 radical (unpaired) electrons. The van der Waals surface area contributed by atoms with Crippen LogP contribution in [0.4, 0.5) is 0 Å². The standard InChI is InChI=1S/C24H23N3OS/c1-18-17-21(22-13-8-16-29-22)26-27(18)15-14-25-24(28)23(19-9-4-2-5-10-19)20-11-6-3-7-12-20/h2-13,16-17,23H,14-15H2,1H3,(H,25,28). The number of amides is 1. The molecule has 0 saturated carbocycles. The number of carbonyl (C=O) groups excluding carboxylic acids is 1. The molecule has 2 heterocycles. The third-order valence-corrected chi connectivity index (χ3v) is 5.80. The number of carbonyl (C=O) groups is 1. The smallest absolute Gasteiger partial charge is 0.232 e. The van der Waals surface area contributed by atoms with Gasteiger partial charge in [0.1, 0.15) is 5.69 Å². The summed E-state index contributed by atoms with van der Waals surface area (Å²) in [6, 6.07) is 26.0. The van der Waals surface area contributed by atoms with Crippen LogP contribution in [-0.2, 0) is 11.3 Å². The summed E-state index contributed by atoms with van der Waals surface area (Å²) in [5.74, 6) is -0.316. The molecule has 0 spiro atoms. The van der Waals surface area contributed by atoms with Crippen molar-refractivity contribution in [2.75, 3.05) is 6.54 Å². The lowest BCUT2D eigenvalue weighted by Gasteiger charge is -2.18. The highest BCUT2D eigenvalue weighted by Crippen LogP contribution is 2.25. The van der Waals surface area contributed by atoms with E-state index >= 15 is 0 Å². The zero-order valence-corrected chi connectivity index (χ0v) is 17.1. The molecule has 146 valence electrons. The lowest BCUT2D eigenvalue weighted by molar-refractivity contribution is -0.121. The van der Waals surface area contributed by atoms with Gasteiger partial charge in [0, 0.05) is 12.2 Å². The van der Waals surface area contributed by atoms with E-state index in [1.54, 1.807) is 11.3 Å². The van der Waals surface area contributed by atoms with Crippen LogP contribution in [0.15, 0.2) is 84.2 Å². The first kappa shape index (κ1) is 19.2. The van der Waals surface area contributed by atoms with Crippen molar-refractivity contribution < 1.29 is 4.79 Å². The molecule has 0 aliphatic heterocycles. The van der Waals surface area contributed by atoms with Crippen LogP contribution in [0.25, 0.3) is 10.6 Å². The van der Waals surface area contributed by atoms with Crippen LogP contribution in [0.3, 0.4) is 0 Å². The average Bonchev–Trinajstić information content (AvgIpc) is 3.40. The Kier molecular flexibility index (Phi) is 5.86. The molecule has 4 rings (SSSR count). The maximum atomic E-state index is 13.1. The van der Waals surface area contributed by atoms with Crippen molar-refractivity contribution in [2.45, 2.75) is 19.4 Å². The number of benzene rings is 2. The quantitative estimate of drug-likeness (QED) is 0.480. The predicted octanol–water partition coefficient (Wildman–Crippen LogP) is 4.87. The molecule has 0 aliphatic rings. The molecule has 1 N–H and O–H groups in total. The van der Waals surface area contributed by atoms with Gasteiger partial charge in [-0.15, -0.1) is 11.3 Å². The number of thiophene rings is 1. The van der Waals surface area contributed by atoms with Crippen LogP contribution in [0.1, 0.15) is 22.7 Å². The van der Waals surface area contributed by atoms with Crippen LogP contribution in [0.2, 0.25) is 0 Å². The largest absolute Gasteiger partial charge is 0.353 e. The molecule has 5 heteroatoms. The fourth-order valence-corrected chi connectivity index (χ4v) is 4.14. The van der Waals surface area contributed by atoms with Crippen LogP contribution in [0.5, 0.6) is 0 Å². The Morgan fingerprint density at radius 1 is 1.00 bits per heavy atom. The minimum absolute atomic E-state index is 0.00527. The Morgan fingerprint density at radius 2 is 1.66 bits per heavy atom. The summed E-state index contributed by atoms with van der Waals surface area (Å²) in [6.07, 6.45) is 0.